The molecular formula is C51H61F2N12O13S-. The molecule has 2 saturated heterocycles. The molecule has 3 aromatic carbocycles. The molecular weight excluding hydrogens is 1060 g/mol. The Morgan fingerprint density at radius 3 is 2.25 bits per heavy atom. The number of carbonyl (C=O) groups excluding carboxylic acids is 3. The topological polar surface area (TPSA) is 317 Å². The first kappa shape index (κ1) is 58.9. The molecule has 3 aromatic heterocycles. The standard InChI is InChI=1S/C51H60F2N12O9.H2O4S/c1-5-45(33(2)66)65-49(69)64(31-58-65)40-11-9-38(10-12-40)60-19-21-61(22-20-60)39-13-15-41(16-14-39)71-26-35-25-51(73-27-35,42-17-8-37(52)23-43(42)53)29-63-32-62(30-57-63)34(3)74-50(70)59(4)47-36(7-6-18-56-47)28-72-48(68)44(54)24-46(55)67;1-4-5(2)3/h6-18,23,30-35,44-45,66H,5,19-22,24-29,54H2,1-4H3,(H-,55,67);1H,(H,2,3)/p-1/t33-,34?,35+,44-,45-,51-;/m0./s1. The molecule has 2 amide bonds. The third-order valence-electron chi connectivity index (χ3n) is 13.4. The smallest absolute Gasteiger partial charge is 0.418 e. The second kappa shape index (κ2) is 26.8. The Hall–Kier alpha value is -7.73. The highest BCUT2D eigenvalue weighted by atomic mass is 32.2. The van der Waals surface area contributed by atoms with Gasteiger partial charge < -0.3 is 59.5 Å². The Morgan fingerprint density at radius 2 is 1.65 bits per heavy atom. The molecule has 5 heterocycles. The van der Waals surface area contributed by atoms with Crippen LogP contribution in [0.25, 0.3) is 5.69 Å². The van der Waals surface area contributed by atoms with Crippen molar-refractivity contribution in [2.24, 2.45) is 17.4 Å². The minimum atomic E-state index is -2.88. The van der Waals surface area contributed by atoms with Gasteiger partial charge in [-0.3, -0.25) is 14.5 Å². The predicted molar refractivity (Wildman–Crippen MR) is 275 cm³/mol. The van der Waals surface area contributed by atoms with Gasteiger partial charge in [-0.1, -0.05) is 19.1 Å². The van der Waals surface area contributed by atoms with Crippen molar-refractivity contribution in [3.63, 3.8) is 0 Å². The lowest BCUT2D eigenvalue weighted by Crippen LogP contribution is -2.46. The average molecular weight is 1120 g/mol. The maximum absolute atomic E-state index is 15.6. The Kier molecular flexibility index (Phi) is 20.0. The Balaban J connectivity index is 0.00000173. The summed E-state index contributed by atoms with van der Waals surface area (Å²) in [4.78, 5) is 60.0. The predicted octanol–water partition coefficient (Wildman–Crippen LogP) is 1.97. The van der Waals surface area contributed by atoms with E-state index in [0.29, 0.717) is 29.8 Å². The molecule has 0 spiro atoms. The van der Waals surface area contributed by atoms with E-state index < -0.39 is 77.4 Å². The zero-order valence-corrected chi connectivity index (χ0v) is 44.4. The van der Waals surface area contributed by atoms with Crippen molar-refractivity contribution in [3.8, 4) is 11.4 Å². The van der Waals surface area contributed by atoms with Crippen LogP contribution in [0.15, 0.2) is 109 Å². The highest BCUT2D eigenvalue weighted by Crippen LogP contribution is 2.42. The highest BCUT2D eigenvalue weighted by Gasteiger charge is 2.46. The summed E-state index contributed by atoms with van der Waals surface area (Å²) in [5.41, 5.74) is 12.6. The third kappa shape index (κ3) is 14.9. The van der Waals surface area contributed by atoms with Gasteiger partial charge in [-0.2, -0.15) is 9.67 Å². The van der Waals surface area contributed by atoms with Gasteiger partial charge in [0.2, 0.25) is 18.5 Å². The third-order valence-corrected chi connectivity index (χ3v) is 13.5. The van der Waals surface area contributed by atoms with Crippen LogP contribution in [-0.2, 0) is 58.2 Å². The molecule has 0 saturated carbocycles. The van der Waals surface area contributed by atoms with Crippen LogP contribution in [-0.4, -0.2) is 120 Å². The number of aliphatic hydroxyl groups is 1. The number of nitrogens with zero attached hydrogens (tertiary/aromatic N) is 10. The van der Waals surface area contributed by atoms with Crippen molar-refractivity contribution in [1.29, 1.82) is 0 Å². The van der Waals surface area contributed by atoms with E-state index in [1.54, 1.807) is 32.3 Å². The van der Waals surface area contributed by atoms with Crippen LogP contribution < -0.4 is 46.4 Å². The molecule has 8 rings (SSSR count). The summed E-state index contributed by atoms with van der Waals surface area (Å²) in [7, 11) is 1.43. The van der Waals surface area contributed by atoms with Gasteiger partial charge in [0.05, 0.1) is 48.8 Å². The maximum atomic E-state index is 15.6. The fourth-order valence-electron chi connectivity index (χ4n) is 9.31. The molecule has 28 heteroatoms. The summed E-state index contributed by atoms with van der Waals surface area (Å²) >= 11 is -2.88. The van der Waals surface area contributed by atoms with E-state index in [4.69, 9.17) is 44.4 Å². The van der Waals surface area contributed by atoms with E-state index >= 15 is 4.39 Å². The molecule has 7 atom stereocenters. The first-order valence-corrected chi connectivity index (χ1v) is 26.0. The van der Waals surface area contributed by atoms with E-state index in [1.807, 2.05) is 55.5 Å². The lowest BCUT2D eigenvalue weighted by molar-refractivity contribution is -0.753. The summed E-state index contributed by atoms with van der Waals surface area (Å²) < 4.78 is 79.5. The lowest BCUT2D eigenvalue weighted by Gasteiger charge is -2.37. The van der Waals surface area contributed by atoms with Crippen molar-refractivity contribution in [2.75, 3.05) is 61.1 Å². The number of hydrogen-bond acceptors (Lipinski definition) is 19. The van der Waals surface area contributed by atoms with E-state index in [2.05, 4.69) is 29.3 Å². The summed E-state index contributed by atoms with van der Waals surface area (Å²) in [6.45, 7) is 8.58. The van der Waals surface area contributed by atoms with Crippen molar-refractivity contribution in [3.05, 3.63) is 137 Å². The van der Waals surface area contributed by atoms with Crippen molar-refractivity contribution in [1.82, 2.24) is 29.1 Å². The van der Waals surface area contributed by atoms with Gasteiger partial charge in [0.1, 0.15) is 54.3 Å². The average Bonchev–Trinajstić information content (AvgIpc) is 4.24. The van der Waals surface area contributed by atoms with Crippen LogP contribution in [0.5, 0.6) is 5.75 Å². The number of carbonyl (C=O) groups is 3. The second-order valence-corrected chi connectivity index (χ2v) is 19.4. The molecule has 0 bridgehead atoms. The number of aliphatic hydroxyl groups excluding tert-OH is 1. The van der Waals surface area contributed by atoms with Gasteiger partial charge in [0.15, 0.2) is 0 Å². The second-order valence-electron chi connectivity index (χ2n) is 18.8. The maximum Gasteiger partial charge on any atom is 0.418 e. The van der Waals surface area contributed by atoms with Crippen molar-refractivity contribution < 1.29 is 70.1 Å². The van der Waals surface area contributed by atoms with Gasteiger partial charge in [-0.05, 0) is 80.4 Å². The molecule has 79 heavy (non-hydrogen) atoms. The fourth-order valence-corrected chi connectivity index (χ4v) is 9.31. The highest BCUT2D eigenvalue weighted by molar-refractivity contribution is 7.73. The minimum Gasteiger partial charge on any atom is -0.750 e. The summed E-state index contributed by atoms with van der Waals surface area (Å²) in [5.74, 6) is -2.46. The van der Waals surface area contributed by atoms with Crippen molar-refractivity contribution >= 4 is 46.5 Å². The van der Waals surface area contributed by atoms with Crippen LogP contribution >= 0.6 is 0 Å². The van der Waals surface area contributed by atoms with E-state index in [0.717, 1.165) is 48.5 Å². The van der Waals surface area contributed by atoms with Crippen molar-refractivity contribution in [2.45, 2.75) is 83.2 Å². The van der Waals surface area contributed by atoms with E-state index in [9.17, 15) is 28.7 Å². The van der Waals surface area contributed by atoms with E-state index in [1.165, 1.54) is 56.5 Å². The number of halogens is 2. The van der Waals surface area contributed by atoms with Gasteiger partial charge in [-0.25, -0.2) is 36.8 Å². The molecule has 6 aromatic rings. The molecule has 2 fully saturated rings. The minimum absolute atomic E-state index is 0.0326. The zero-order chi connectivity index (χ0) is 57.0. The van der Waals surface area contributed by atoms with Crippen LogP contribution in [0.3, 0.4) is 0 Å². The van der Waals surface area contributed by atoms with Gasteiger partial charge in [-0.15, -0.1) is 4.68 Å². The molecule has 0 aliphatic carbocycles. The van der Waals surface area contributed by atoms with Gasteiger partial charge >= 0.3 is 17.8 Å². The molecule has 2 aliphatic heterocycles. The molecule has 424 valence electrons. The number of pyridine rings is 1. The number of piperazine rings is 1. The molecule has 2 aliphatic rings. The first-order chi connectivity index (χ1) is 37.8. The number of benzene rings is 3. The van der Waals surface area contributed by atoms with Crippen LogP contribution in [0.2, 0.25) is 0 Å². The monoisotopic (exact) mass is 1120 g/mol. The molecule has 5 N–H and O–H groups in total. The van der Waals surface area contributed by atoms with Gasteiger partial charge in [0, 0.05) is 85.9 Å². The van der Waals surface area contributed by atoms with Crippen LogP contribution in [0.1, 0.15) is 63.4 Å². The molecule has 0 radical (unpaired) electrons. The first-order valence-electron chi connectivity index (χ1n) is 25.0. The zero-order valence-electron chi connectivity index (χ0n) is 43.6. The number of amides is 2. The molecule has 25 nitrogen and oxygen atoms in total. The number of aromatic nitrogens is 7. The normalized spacial score (nSPS) is 18.1. The van der Waals surface area contributed by atoms with Gasteiger partial charge in [0.25, 0.3) is 6.33 Å². The number of primary amides is 1. The quantitative estimate of drug-likeness (QED) is 0.0305. The largest absolute Gasteiger partial charge is 0.750 e. The summed E-state index contributed by atoms with van der Waals surface area (Å²) in [6, 6.07) is 20.6. The van der Waals surface area contributed by atoms with Crippen LogP contribution in [0, 0.1) is 17.6 Å². The SMILES string of the molecule is CC[C@@H]([C@H](C)O)n1ncn(-c2ccc(N3CCN(c4ccc(OC[C@@H]5CO[C@@](Cn6c[n+](C(C)OC(=O)N(C)c7ncccc7COC(=O)[C@@H](N)CC(N)=O)cn6)(c6ccc(F)cc6F)C5)cc4)CC3)cc2)c1=O.O=S([O-])O[O-]. The summed E-state index contributed by atoms with van der Waals surface area (Å²) in [6.07, 6.45) is 4.08. The summed E-state index contributed by atoms with van der Waals surface area (Å²) in [5, 5.41) is 27.4. The van der Waals surface area contributed by atoms with Crippen LogP contribution in [0.4, 0.5) is 30.8 Å². The number of ether oxygens (including phenoxy) is 4. The Labute approximate surface area is 454 Å². The fraction of sp³-hybridized carbons (Fsp3) is 0.412. The lowest BCUT2D eigenvalue weighted by atomic mass is 9.87. The number of rotatable bonds is 21. The Bertz CT molecular complexity index is 3100. The van der Waals surface area contributed by atoms with E-state index in [-0.39, 0.29) is 49.4 Å². The number of anilines is 3. The number of esters is 1. The molecule has 2 unspecified atom stereocenters. The number of hydrogen-bond donors (Lipinski definition) is 3. The number of nitrogens with two attached hydrogens (primary N) is 2. The Morgan fingerprint density at radius 1 is 1.00 bits per heavy atom.